The fourth-order valence-corrected chi connectivity index (χ4v) is 2.95. The van der Waals surface area contributed by atoms with Gasteiger partial charge in [-0.2, -0.15) is 0 Å². The van der Waals surface area contributed by atoms with Crippen LogP contribution >= 0.6 is 35.3 Å². The van der Waals surface area contributed by atoms with Gasteiger partial charge in [0.1, 0.15) is 0 Å². The van der Waals surface area contributed by atoms with Gasteiger partial charge in [-0.05, 0) is 43.6 Å². The Morgan fingerprint density at radius 2 is 2.14 bits per heavy atom. The number of rotatable bonds is 10. The Hall–Kier alpha value is -0.340. The topological polar surface area (TPSA) is 56.7 Å². The zero-order valence-corrected chi connectivity index (χ0v) is 16.8. The maximum Gasteiger partial charge on any atom is 0.191 e. The molecule has 128 valence electrons. The highest BCUT2D eigenvalue weighted by molar-refractivity contribution is 14.0. The quantitative estimate of drug-likeness (QED) is 0.298. The lowest BCUT2D eigenvalue weighted by atomic mass is 10.0. The van der Waals surface area contributed by atoms with Crippen molar-refractivity contribution in [2.45, 2.75) is 39.5 Å². The molecule has 1 heterocycles. The summed E-state index contributed by atoms with van der Waals surface area (Å²) in [4.78, 5) is 6.05. The Morgan fingerprint density at radius 3 is 2.73 bits per heavy atom. The van der Waals surface area contributed by atoms with E-state index in [0.717, 1.165) is 51.3 Å². The zero-order chi connectivity index (χ0) is 15.3. The van der Waals surface area contributed by atoms with E-state index in [1.165, 1.54) is 4.88 Å². The molecule has 4 nitrogen and oxygen atoms in total. The number of hydrogen-bond donors (Lipinski definition) is 3. The minimum atomic E-state index is 0. The number of thiophene rings is 1. The highest BCUT2D eigenvalue weighted by Crippen LogP contribution is 2.11. The van der Waals surface area contributed by atoms with Crippen molar-refractivity contribution < 1.29 is 5.11 Å². The van der Waals surface area contributed by atoms with Gasteiger partial charge in [-0.25, -0.2) is 0 Å². The van der Waals surface area contributed by atoms with Crippen LogP contribution in [0.15, 0.2) is 22.5 Å². The fourth-order valence-electron chi connectivity index (χ4n) is 2.24. The minimum absolute atomic E-state index is 0. The molecule has 6 heteroatoms. The van der Waals surface area contributed by atoms with Gasteiger partial charge >= 0.3 is 0 Å². The van der Waals surface area contributed by atoms with Gasteiger partial charge in [-0.1, -0.05) is 19.4 Å². The van der Waals surface area contributed by atoms with E-state index < -0.39 is 0 Å². The summed E-state index contributed by atoms with van der Waals surface area (Å²) in [6, 6.07) is 4.25. The van der Waals surface area contributed by atoms with Gasteiger partial charge in [0.25, 0.3) is 0 Å². The lowest BCUT2D eigenvalue weighted by molar-refractivity contribution is 0.253. The first kappa shape index (κ1) is 21.7. The van der Waals surface area contributed by atoms with Gasteiger partial charge in [0.2, 0.25) is 0 Å². The predicted octanol–water partition coefficient (Wildman–Crippen LogP) is 3.26. The first-order valence-electron chi connectivity index (χ1n) is 7.95. The van der Waals surface area contributed by atoms with Crippen molar-refractivity contribution in [3.63, 3.8) is 0 Å². The van der Waals surface area contributed by atoms with Crippen LogP contribution < -0.4 is 10.6 Å². The van der Waals surface area contributed by atoms with E-state index in [2.05, 4.69) is 47.0 Å². The van der Waals surface area contributed by atoms with E-state index in [9.17, 15) is 0 Å². The van der Waals surface area contributed by atoms with E-state index >= 15 is 0 Å². The molecule has 0 aromatic carbocycles. The first-order chi connectivity index (χ1) is 10.3. The summed E-state index contributed by atoms with van der Waals surface area (Å²) in [5.74, 6) is 1.36. The lowest BCUT2D eigenvalue weighted by Crippen LogP contribution is -2.38. The van der Waals surface area contributed by atoms with Crippen molar-refractivity contribution >= 4 is 41.3 Å². The minimum Gasteiger partial charge on any atom is -0.396 e. The largest absolute Gasteiger partial charge is 0.396 e. The molecule has 0 saturated carbocycles. The van der Waals surface area contributed by atoms with Crippen molar-refractivity contribution in [3.05, 3.63) is 22.4 Å². The number of aliphatic hydroxyl groups excluding tert-OH is 1. The summed E-state index contributed by atoms with van der Waals surface area (Å²) in [6.07, 6.45) is 4.13. The van der Waals surface area contributed by atoms with Crippen LogP contribution in [-0.2, 0) is 6.42 Å². The molecule has 22 heavy (non-hydrogen) atoms. The fraction of sp³-hybridized carbons (Fsp3) is 0.688. The number of aliphatic hydroxyl groups is 1. The van der Waals surface area contributed by atoms with Crippen LogP contribution in [0.5, 0.6) is 0 Å². The Bertz CT molecular complexity index is 379. The molecule has 1 unspecified atom stereocenters. The molecular formula is C16H30IN3OS. The van der Waals surface area contributed by atoms with Crippen LogP contribution in [0.1, 0.15) is 38.0 Å². The SMILES string of the molecule is CCCC(CCO)CN=C(NCC)NCCc1cccs1.I. The molecule has 0 amide bonds. The van der Waals surface area contributed by atoms with Crippen LogP contribution in [0.2, 0.25) is 0 Å². The highest BCUT2D eigenvalue weighted by atomic mass is 127. The number of aliphatic imine (C=N–C) groups is 1. The predicted molar refractivity (Wildman–Crippen MR) is 108 cm³/mol. The Kier molecular flexibility index (Phi) is 14.0. The second-order valence-corrected chi connectivity index (χ2v) is 6.17. The number of hydrogen-bond acceptors (Lipinski definition) is 3. The standard InChI is InChI=1S/C16H29N3OS.HI/c1-3-6-14(9-11-20)13-19-16(17-4-2)18-10-8-15-7-5-12-21-15;/h5,7,12,14,20H,3-4,6,8-11,13H2,1-2H3,(H2,17,18,19);1H. The number of nitrogens with zero attached hydrogens (tertiary/aromatic N) is 1. The van der Waals surface area contributed by atoms with Gasteiger partial charge < -0.3 is 15.7 Å². The normalized spacial score (nSPS) is 12.6. The first-order valence-corrected chi connectivity index (χ1v) is 8.83. The van der Waals surface area contributed by atoms with E-state index in [4.69, 9.17) is 5.11 Å². The van der Waals surface area contributed by atoms with Gasteiger partial charge in [-0.3, -0.25) is 4.99 Å². The van der Waals surface area contributed by atoms with Crippen LogP contribution in [0.3, 0.4) is 0 Å². The molecular weight excluding hydrogens is 409 g/mol. The van der Waals surface area contributed by atoms with Crippen molar-refractivity contribution in [3.8, 4) is 0 Å². The summed E-state index contributed by atoms with van der Waals surface area (Å²) in [5.41, 5.74) is 0. The molecule has 1 aromatic heterocycles. The summed E-state index contributed by atoms with van der Waals surface area (Å²) >= 11 is 1.79. The molecule has 0 bridgehead atoms. The van der Waals surface area contributed by atoms with E-state index in [-0.39, 0.29) is 30.6 Å². The summed E-state index contributed by atoms with van der Waals surface area (Å²) in [7, 11) is 0. The molecule has 0 radical (unpaired) electrons. The third-order valence-electron chi connectivity index (χ3n) is 3.33. The highest BCUT2D eigenvalue weighted by Gasteiger charge is 2.07. The van der Waals surface area contributed by atoms with E-state index in [0.29, 0.717) is 5.92 Å². The Balaban J connectivity index is 0.00000441. The molecule has 1 atom stereocenters. The zero-order valence-electron chi connectivity index (χ0n) is 13.7. The second-order valence-electron chi connectivity index (χ2n) is 5.14. The van der Waals surface area contributed by atoms with Gasteiger partial charge in [-0.15, -0.1) is 35.3 Å². The Labute approximate surface area is 155 Å². The average molecular weight is 439 g/mol. The van der Waals surface area contributed by atoms with Crippen LogP contribution in [-0.4, -0.2) is 37.3 Å². The summed E-state index contributed by atoms with van der Waals surface area (Å²) in [5, 5.41) is 17.9. The lowest BCUT2D eigenvalue weighted by Gasteiger charge is -2.15. The monoisotopic (exact) mass is 439 g/mol. The van der Waals surface area contributed by atoms with Gasteiger partial charge in [0.15, 0.2) is 5.96 Å². The number of halogens is 1. The third kappa shape index (κ3) is 9.63. The van der Waals surface area contributed by atoms with E-state index in [1.54, 1.807) is 11.3 Å². The molecule has 0 fully saturated rings. The van der Waals surface area contributed by atoms with Crippen LogP contribution in [0.25, 0.3) is 0 Å². The molecule has 0 aliphatic rings. The third-order valence-corrected chi connectivity index (χ3v) is 4.27. The van der Waals surface area contributed by atoms with Crippen molar-refractivity contribution in [2.24, 2.45) is 10.9 Å². The van der Waals surface area contributed by atoms with Crippen LogP contribution in [0, 0.1) is 5.92 Å². The number of nitrogens with one attached hydrogen (secondary N) is 2. The van der Waals surface area contributed by atoms with Gasteiger partial charge in [0.05, 0.1) is 0 Å². The van der Waals surface area contributed by atoms with Crippen LogP contribution in [0.4, 0.5) is 0 Å². The van der Waals surface area contributed by atoms with Crippen molar-refractivity contribution in [1.82, 2.24) is 10.6 Å². The van der Waals surface area contributed by atoms with E-state index in [1.807, 2.05) is 0 Å². The van der Waals surface area contributed by atoms with Gasteiger partial charge in [0, 0.05) is 31.1 Å². The smallest absolute Gasteiger partial charge is 0.191 e. The molecule has 0 saturated heterocycles. The number of guanidine groups is 1. The molecule has 1 rings (SSSR count). The van der Waals surface area contributed by atoms with Crippen molar-refractivity contribution in [2.75, 3.05) is 26.2 Å². The average Bonchev–Trinajstić information content (AvgIpc) is 2.98. The summed E-state index contributed by atoms with van der Waals surface area (Å²) in [6.45, 7) is 7.05. The molecule has 3 N–H and O–H groups in total. The molecule has 0 aliphatic carbocycles. The maximum absolute atomic E-state index is 9.10. The van der Waals surface area contributed by atoms with Crippen molar-refractivity contribution in [1.29, 1.82) is 0 Å². The maximum atomic E-state index is 9.10. The molecule has 0 spiro atoms. The molecule has 1 aromatic rings. The second kappa shape index (κ2) is 14.3. The Morgan fingerprint density at radius 1 is 1.32 bits per heavy atom. The summed E-state index contributed by atoms with van der Waals surface area (Å²) < 4.78 is 0. The molecule has 0 aliphatic heterocycles.